The molecule has 0 bridgehead atoms. The number of benzene rings is 1. The number of hydrogen-bond donors (Lipinski definition) is 1. The molecular weight excluding hydrogens is 392 g/mol. The fourth-order valence-electron chi connectivity index (χ4n) is 3.26. The molecule has 0 aliphatic carbocycles. The molecule has 156 valence electrons. The number of pyridine rings is 1. The van der Waals surface area contributed by atoms with E-state index >= 15 is 0 Å². The summed E-state index contributed by atoms with van der Waals surface area (Å²) in [5.74, 6) is -0.129. The van der Waals surface area contributed by atoms with Crippen molar-refractivity contribution in [1.29, 1.82) is 0 Å². The van der Waals surface area contributed by atoms with Gasteiger partial charge in [-0.2, -0.15) is 4.31 Å². The molecule has 8 nitrogen and oxygen atoms in total. The van der Waals surface area contributed by atoms with Crippen LogP contribution in [0.4, 0.5) is 0 Å². The zero-order chi connectivity index (χ0) is 20.9. The van der Waals surface area contributed by atoms with Crippen molar-refractivity contribution >= 4 is 15.9 Å². The standard InChI is InChI=1S/C20H26N4O4S/c1-2-29(27,28)23-14-12-22(13-15-23)11-10-21-20(26)17-8-9-19(25)24(16-17)18-6-4-3-5-7-18/h3-9,16H,2,10-15H2,1H3,(H,21,26). The zero-order valence-electron chi connectivity index (χ0n) is 16.5. The summed E-state index contributed by atoms with van der Waals surface area (Å²) < 4.78 is 26.8. The Morgan fingerprint density at radius 3 is 2.38 bits per heavy atom. The van der Waals surface area contributed by atoms with E-state index in [0.717, 1.165) is 0 Å². The lowest BCUT2D eigenvalue weighted by molar-refractivity contribution is 0.0944. The first-order chi connectivity index (χ1) is 13.9. The van der Waals surface area contributed by atoms with Gasteiger partial charge in [-0.05, 0) is 25.1 Å². The maximum Gasteiger partial charge on any atom is 0.255 e. The highest BCUT2D eigenvalue weighted by Crippen LogP contribution is 2.08. The number of rotatable bonds is 7. The fourth-order valence-corrected chi connectivity index (χ4v) is 4.34. The summed E-state index contributed by atoms with van der Waals surface area (Å²) in [6, 6.07) is 12.0. The number of carbonyl (C=O) groups excluding carboxylic acids is 1. The normalized spacial score (nSPS) is 15.9. The average molecular weight is 419 g/mol. The summed E-state index contributed by atoms with van der Waals surface area (Å²) in [7, 11) is -3.14. The second-order valence-corrected chi connectivity index (χ2v) is 9.12. The van der Waals surface area contributed by atoms with Crippen LogP contribution in [0.15, 0.2) is 53.5 Å². The third-order valence-electron chi connectivity index (χ3n) is 5.01. The molecule has 1 aromatic carbocycles. The van der Waals surface area contributed by atoms with Crippen molar-refractivity contribution in [3.63, 3.8) is 0 Å². The van der Waals surface area contributed by atoms with Gasteiger partial charge >= 0.3 is 0 Å². The maximum atomic E-state index is 12.5. The Balaban J connectivity index is 1.53. The summed E-state index contributed by atoms with van der Waals surface area (Å²) in [6.45, 7) is 4.99. The third kappa shape index (κ3) is 5.31. The molecule has 1 amide bonds. The molecule has 0 unspecified atom stereocenters. The predicted octanol–water partition coefficient (Wildman–Crippen LogP) is 0.535. The van der Waals surface area contributed by atoms with Gasteiger partial charge in [0.2, 0.25) is 10.0 Å². The topological polar surface area (TPSA) is 91.7 Å². The number of nitrogens with one attached hydrogen (secondary N) is 1. The second kappa shape index (κ2) is 9.34. The molecule has 1 N–H and O–H groups in total. The van der Waals surface area contributed by atoms with Gasteiger partial charge in [0, 0.05) is 57.2 Å². The number of hydrogen-bond acceptors (Lipinski definition) is 5. The van der Waals surface area contributed by atoms with E-state index in [1.807, 2.05) is 30.3 Å². The Kier molecular flexibility index (Phi) is 6.83. The molecule has 2 aromatic rings. The number of piperazine rings is 1. The molecular formula is C20H26N4O4S. The minimum absolute atomic E-state index is 0.119. The van der Waals surface area contributed by atoms with Gasteiger partial charge in [-0.15, -0.1) is 0 Å². The van der Waals surface area contributed by atoms with E-state index in [2.05, 4.69) is 10.2 Å². The van der Waals surface area contributed by atoms with E-state index in [-0.39, 0.29) is 17.2 Å². The van der Waals surface area contributed by atoms with Gasteiger partial charge < -0.3 is 5.32 Å². The van der Waals surface area contributed by atoms with Crippen LogP contribution in [0.1, 0.15) is 17.3 Å². The van der Waals surface area contributed by atoms with Gasteiger partial charge in [-0.3, -0.25) is 19.1 Å². The molecule has 9 heteroatoms. The van der Waals surface area contributed by atoms with Gasteiger partial charge in [-0.25, -0.2) is 8.42 Å². The van der Waals surface area contributed by atoms with Gasteiger partial charge in [0.25, 0.3) is 11.5 Å². The van der Waals surface area contributed by atoms with Crippen LogP contribution < -0.4 is 10.9 Å². The molecule has 0 radical (unpaired) electrons. The lowest BCUT2D eigenvalue weighted by Gasteiger charge is -2.33. The minimum atomic E-state index is -3.14. The molecule has 0 atom stereocenters. The van der Waals surface area contributed by atoms with Crippen molar-refractivity contribution < 1.29 is 13.2 Å². The largest absolute Gasteiger partial charge is 0.351 e. The number of aromatic nitrogens is 1. The quantitative estimate of drug-likeness (QED) is 0.708. The van der Waals surface area contributed by atoms with E-state index in [1.54, 1.807) is 13.1 Å². The smallest absolute Gasteiger partial charge is 0.255 e. The average Bonchev–Trinajstić information content (AvgIpc) is 2.75. The van der Waals surface area contributed by atoms with Crippen molar-refractivity contribution in [2.45, 2.75) is 6.92 Å². The number of carbonyl (C=O) groups is 1. The number of para-hydroxylation sites is 1. The Morgan fingerprint density at radius 2 is 1.72 bits per heavy atom. The summed E-state index contributed by atoms with van der Waals surface area (Å²) in [5, 5.41) is 2.87. The van der Waals surface area contributed by atoms with Crippen LogP contribution in [-0.4, -0.2) is 73.1 Å². The Labute approximate surface area is 170 Å². The summed E-state index contributed by atoms with van der Waals surface area (Å²) >= 11 is 0. The fraction of sp³-hybridized carbons (Fsp3) is 0.400. The van der Waals surface area contributed by atoms with E-state index in [9.17, 15) is 18.0 Å². The molecule has 2 heterocycles. The van der Waals surface area contributed by atoms with Crippen molar-refractivity contribution in [3.05, 3.63) is 64.6 Å². The molecule has 3 rings (SSSR count). The highest BCUT2D eigenvalue weighted by atomic mass is 32.2. The molecule has 0 spiro atoms. The summed E-state index contributed by atoms with van der Waals surface area (Å²) in [6.07, 6.45) is 1.54. The van der Waals surface area contributed by atoms with Crippen molar-refractivity contribution in [2.24, 2.45) is 0 Å². The van der Waals surface area contributed by atoms with Gasteiger partial charge in [0.05, 0.1) is 11.3 Å². The van der Waals surface area contributed by atoms with Crippen LogP contribution in [-0.2, 0) is 10.0 Å². The van der Waals surface area contributed by atoms with Crippen LogP contribution in [0.3, 0.4) is 0 Å². The number of nitrogens with zero attached hydrogens (tertiary/aromatic N) is 3. The first kappa shape index (κ1) is 21.2. The Bertz CT molecular complexity index is 997. The van der Waals surface area contributed by atoms with Crippen molar-refractivity contribution in [2.75, 3.05) is 45.0 Å². The Morgan fingerprint density at radius 1 is 1.03 bits per heavy atom. The zero-order valence-corrected chi connectivity index (χ0v) is 17.3. The van der Waals surface area contributed by atoms with Gasteiger partial charge in [-0.1, -0.05) is 18.2 Å². The van der Waals surface area contributed by atoms with Crippen LogP contribution in [0.2, 0.25) is 0 Å². The highest BCUT2D eigenvalue weighted by Gasteiger charge is 2.25. The molecule has 29 heavy (non-hydrogen) atoms. The van der Waals surface area contributed by atoms with E-state index < -0.39 is 10.0 Å². The second-order valence-electron chi connectivity index (χ2n) is 6.86. The number of amides is 1. The number of sulfonamides is 1. The molecule has 1 aliphatic heterocycles. The van der Waals surface area contributed by atoms with E-state index in [1.165, 1.54) is 21.0 Å². The lowest BCUT2D eigenvalue weighted by atomic mass is 10.2. The molecule has 1 aromatic heterocycles. The first-order valence-electron chi connectivity index (χ1n) is 9.67. The third-order valence-corrected chi connectivity index (χ3v) is 6.89. The van der Waals surface area contributed by atoms with Crippen molar-refractivity contribution in [1.82, 2.24) is 19.1 Å². The lowest BCUT2D eigenvalue weighted by Crippen LogP contribution is -2.50. The summed E-state index contributed by atoms with van der Waals surface area (Å²) in [4.78, 5) is 26.7. The van der Waals surface area contributed by atoms with Crippen LogP contribution >= 0.6 is 0 Å². The van der Waals surface area contributed by atoms with Gasteiger partial charge in [0.15, 0.2) is 0 Å². The van der Waals surface area contributed by atoms with Gasteiger partial charge in [0.1, 0.15) is 0 Å². The molecule has 0 saturated carbocycles. The van der Waals surface area contributed by atoms with Crippen LogP contribution in [0.5, 0.6) is 0 Å². The molecule has 1 saturated heterocycles. The minimum Gasteiger partial charge on any atom is -0.351 e. The monoisotopic (exact) mass is 418 g/mol. The SMILES string of the molecule is CCS(=O)(=O)N1CCN(CCNC(=O)c2ccc(=O)n(-c3ccccc3)c2)CC1. The summed E-state index contributed by atoms with van der Waals surface area (Å²) in [5.41, 5.74) is 0.909. The van der Waals surface area contributed by atoms with Crippen LogP contribution in [0.25, 0.3) is 5.69 Å². The van der Waals surface area contributed by atoms with E-state index in [4.69, 9.17) is 0 Å². The maximum absolute atomic E-state index is 12.5. The Hall–Kier alpha value is -2.49. The first-order valence-corrected chi connectivity index (χ1v) is 11.3. The molecule has 1 aliphatic rings. The predicted molar refractivity (Wildman–Crippen MR) is 112 cm³/mol. The van der Waals surface area contributed by atoms with Crippen LogP contribution in [0, 0.1) is 0 Å². The molecule has 1 fully saturated rings. The van der Waals surface area contributed by atoms with E-state index in [0.29, 0.717) is 50.5 Å². The highest BCUT2D eigenvalue weighted by molar-refractivity contribution is 7.89. The van der Waals surface area contributed by atoms with Crippen molar-refractivity contribution in [3.8, 4) is 5.69 Å².